The molecular formula is C19H18N4O2. The number of oxazole rings is 1. The van der Waals surface area contributed by atoms with Gasteiger partial charge >= 0.3 is 0 Å². The standard InChI is InChI=1S/C19H18N4O2/c1-4-14-12(3)20-19(22-17(14)24)23-10-13(9-11(23)2)18-21-15-7-5-6-8-16(15)25-18/h5-10H,4H2,1-3H3,(H,20,22,24). The van der Waals surface area contributed by atoms with Crippen LogP contribution in [0.2, 0.25) is 0 Å². The van der Waals surface area contributed by atoms with Gasteiger partial charge in [0.05, 0.1) is 5.56 Å². The molecule has 0 spiro atoms. The van der Waals surface area contributed by atoms with Crippen molar-refractivity contribution in [1.29, 1.82) is 0 Å². The largest absolute Gasteiger partial charge is 0.436 e. The molecule has 0 unspecified atom stereocenters. The van der Waals surface area contributed by atoms with Crippen molar-refractivity contribution < 1.29 is 4.42 Å². The average molecular weight is 334 g/mol. The summed E-state index contributed by atoms with van der Waals surface area (Å²) in [6.45, 7) is 5.76. The minimum Gasteiger partial charge on any atom is -0.436 e. The minimum absolute atomic E-state index is 0.0958. The van der Waals surface area contributed by atoms with E-state index in [0.717, 1.165) is 28.1 Å². The lowest BCUT2D eigenvalue weighted by Gasteiger charge is -2.08. The van der Waals surface area contributed by atoms with Gasteiger partial charge in [-0.2, -0.15) is 0 Å². The zero-order valence-electron chi connectivity index (χ0n) is 14.3. The summed E-state index contributed by atoms with van der Waals surface area (Å²) in [5.74, 6) is 1.05. The normalized spacial score (nSPS) is 11.3. The second-order valence-corrected chi connectivity index (χ2v) is 6.03. The van der Waals surface area contributed by atoms with Crippen LogP contribution in [0.3, 0.4) is 0 Å². The topological polar surface area (TPSA) is 76.7 Å². The van der Waals surface area contributed by atoms with Crippen molar-refractivity contribution in [3.63, 3.8) is 0 Å². The molecule has 0 atom stereocenters. The average Bonchev–Trinajstić information content (AvgIpc) is 3.17. The van der Waals surface area contributed by atoms with Gasteiger partial charge in [-0.3, -0.25) is 14.3 Å². The third-order valence-electron chi connectivity index (χ3n) is 4.34. The van der Waals surface area contributed by atoms with Crippen LogP contribution in [0.4, 0.5) is 0 Å². The first-order valence-corrected chi connectivity index (χ1v) is 8.22. The number of H-pyrrole nitrogens is 1. The van der Waals surface area contributed by atoms with E-state index >= 15 is 0 Å². The molecule has 25 heavy (non-hydrogen) atoms. The quantitative estimate of drug-likeness (QED) is 0.621. The number of aromatic nitrogens is 4. The number of nitrogens with one attached hydrogen (secondary N) is 1. The third kappa shape index (κ3) is 2.55. The van der Waals surface area contributed by atoms with Gasteiger partial charge in [0.25, 0.3) is 5.56 Å². The number of para-hydroxylation sites is 2. The van der Waals surface area contributed by atoms with E-state index in [1.807, 2.05) is 61.9 Å². The van der Waals surface area contributed by atoms with Crippen molar-refractivity contribution >= 4 is 11.1 Å². The molecule has 0 aliphatic rings. The molecule has 4 aromatic rings. The SMILES string of the molecule is CCc1c(C)nc(-n2cc(-c3nc4ccccc4o3)cc2C)[nH]c1=O. The fraction of sp³-hybridized carbons (Fsp3) is 0.211. The van der Waals surface area contributed by atoms with Crippen LogP contribution in [0, 0.1) is 13.8 Å². The molecule has 1 aromatic carbocycles. The van der Waals surface area contributed by atoms with Crippen LogP contribution in [-0.2, 0) is 6.42 Å². The van der Waals surface area contributed by atoms with Crippen molar-refractivity contribution in [3.8, 4) is 17.4 Å². The van der Waals surface area contributed by atoms with Gasteiger partial charge in [-0.15, -0.1) is 0 Å². The van der Waals surface area contributed by atoms with Gasteiger partial charge < -0.3 is 4.42 Å². The number of benzene rings is 1. The molecule has 0 saturated heterocycles. The smallest absolute Gasteiger partial charge is 0.255 e. The number of aromatic amines is 1. The molecule has 6 heteroatoms. The molecule has 0 bridgehead atoms. The molecule has 0 amide bonds. The van der Waals surface area contributed by atoms with Crippen molar-refractivity contribution in [1.82, 2.24) is 19.5 Å². The van der Waals surface area contributed by atoms with Gasteiger partial charge in [0.15, 0.2) is 5.58 Å². The van der Waals surface area contributed by atoms with Gasteiger partial charge in [0.2, 0.25) is 11.8 Å². The first-order valence-electron chi connectivity index (χ1n) is 8.22. The minimum atomic E-state index is -0.0958. The Balaban J connectivity index is 1.82. The molecule has 0 saturated carbocycles. The van der Waals surface area contributed by atoms with Gasteiger partial charge in [0, 0.05) is 23.1 Å². The fourth-order valence-electron chi connectivity index (χ4n) is 3.04. The van der Waals surface area contributed by atoms with Gasteiger partial charge in [-0.1, -0.05) is 19.1 Å². The molecule has 0 aliphatic heterocycles. The van der Waals surface area contributed by atoms with Gasteiger partial charge in [-0.05, 0) is 38.5 Å². The Labute approximate surface area is 144 Å². The second kappa shape index (κ2) is 5.73. The maximum absolute atomic E-state index is 12.2. The van der Waals surface area contributed by atoms with E-state index in [4.69, 9.17) is 4.42 Å². The number of hydrogen-bond acceptors (Lipinski definition) is 4. The van der Waals surface area contributed by atoms with Crippen LogP contribution < -0.4 is 5.56 Å². The van der Waals surface area contributed by atoms with E-state index < -0.39 is 0 Å². The zero-order valence-corrected chi connectivity index (χ0v) is 14.3. The summed E-state index contributed by atoms with van der Waals surface area (Å²) < 4.78 is 7.67. The summed E-state index contributed by atoms with van der Waals surface area (Å²) in [5.41, 5.74) is 4.71. The van der Waals surface area contributed by atoms with Crippen LogP contribution in [0.25, 0.3) is 28.5 Å². The van der Waals surface area contributed by atoms with E-state index in [2.05, 4.69) is 15.0 Å². The first kappa shape index (κ1) is 15.4. The molecular weight excluding hydrogens is 316 g/mol. The van der Waals surface area contributed by atoms with Crippen molar-refractivity contribution in [2.24, 2.45) is 0 Å². The van der Waals surface area contributed by atoms with E-state index in [-0.39, 0.29) is 5.56 Å². The summed E-state index contributed by atoms with van der Waals surface area (Å²) >= 11 is 0. The molecule has 0 radical (unpaired) electrons. The van der Waals surface area contributed by atoms with Crippen LogP contribution in [0.5, 0.6) is 0 Å². The maximum atomic E-state index is 12.2. The van der Waals surface area contributed by atoms with Crippen LogP contribution in [0.15, 0.2) is 45.7 Å². The lowest BCUT2D eigenvalue weighted by molar-refractivity contribution is 0.620. The monoisotopic (exact) mass is 334 g/mol. The summed E-state index contributed by atoms with van der Waals surface area (Å²) in [7, 11) is 0. The summed E-state index contributed by atoms with van der Waals surface area (Å²) in [6, 6.07) is 9.62. The molecule has 1 N–H and O–H groups in total. The summed E-state index contributed by atoms with van der Waals surface area (Å²) in [6.07, 6.45) is 2.54. The highest BCUT2D eigenvalue weighted by molar-refractivity contribution is 5.76. The van der Waals surface area contributed by atoms with Gasteiger partial charge in [-0.25, -0.2) is 9.97 Å². The molecule has 3 aromatic heterocycles. The molecule has 3 heterocycles. The first-order chi connectivity index (χ1) is 12.1. The Morgan fingerprint density at radius 1 is 1.20 bits per heavy atom. The molecule has 0 fully saturated rings. The predicted octanol–water partition coefficient (Wildman–Crippen LogP) is 3.55. The highest BCUT2D eigenvalue weighted by atomic mass is 16.3. The van der Waals surface area contributed by atoms with Crippen LogP contribution >= 0.6 is 0 Å². The van der Waals surface area contributed by atoms with Crippen LogP contribution in [0.1, 0.15) is 23.9 Å². The lowest BCUT2D eigenvalue weighted by Crippen LogP contribution is -2.19. The van der Waals surface area contributed by atoms with E-state index in [1.165, 1.54) is 0 Å². The van der Waals surface area contributed by atoms with Crippen molar-refractivity contribution in [3.05, 3.63) is 63.8 Å². The van der Waals surface area contributed by atoms with E-state index in [0.29, 0.717) is 23.8 Å². The molecule has 126 valence electrons. The highest BCUT2D eigenvalue weighted by Crippen LogP contribution is 2.26. The van der Waals surface area contributed by atoms with Crippen molar-refractivity contribution in [2.45, 2.75) is 27.2 Å². The summed E-state index contributed by atoms with van der Waals surface area (Å²) in [4.78, 5) is 24.2. The molecule has 0 aliphatic carbocycles. The van der Waals surface area contributed by atoms with Crippen molar-refractivity contribution in [2.75, 3.05) is 0 Å². The molecule has 6 nitrogen and oxygen atoms in total. The fourth-order valence-corrected chi connectivity index (χ4v) is 3.04. The number of hydrogen-bond donors (Lipinski definition) is 1. The lowest BCUT2D eigenvalue weighted by atomic mass is 10.2. The summed E-state index contributed by atoms with van der Waals surface area (Å²) in [5, 5.41) is 0. The predicted molar refractivity (Wildman–Crippen MR) is 96.0 cm³/mol. The third-order valence-corrected chi connectivity index (χ3v) is 4.34. The number of rotatable bonds is 3. The molecule has 4 rings (SSSR count). The maximum Gasteiger partial charge on any atom is 0.255 e. The Bertz CT molecular complexity index is 1100. The zero-order chi connectivity index (χ0) is 17.6. The highest BCUT2D eigenvalue weighted by Gasteiger charge is 2.14. The van der Waals surface area contributed by atoms with E-state index in [1.54, 1.807) is 0 Å². The second-order valence-electron chi connectivity index (χ2n) is 6.03. The number of fused-ring (bicyclic) bond motifs is 1. The number of aryl methyl sites for hydroxylation is 2. The Hall–Kier alpha value is -3.15. The van der Waals surface area contributed by atoms with Crippen LogP contribution in [-0.4, -0.2) is 19.5 Å². The van der Waals surface area contributed by atoms with Gasteiger partial charge in [0.1, 0.15) is 5.52 Å². The van der Waals surface area contributed by atoms with E-state index in [9.17, 15) is 4.79 Å². The Morgan fingerprint density at radius 3 is 2.72 bits per heavy atom. The Kier molecular flexibility index (Phi) is 3.53. The Morgan fingerprint density at radius 2 is 2.00 bits per heavy atom. The number of nitrogens with zero attached hydrogens (tertiary/aromatic N) is 3.